The van der Waals surface area contributed by atoms with Crippen LogP contribution in [0.15, 0.2) is 0 Å². The minimum atomic E-state index is -4.31. The van der Waals surface area contributed by atoms with Gasteiger partial charge in [-0.2, -0.15) is 13.2 Å². The van der Waals surface area contributed by atoms with Gasteiger partial charge in [-0.3, -0.25) is 0 Å². The molecule has 1 saturated carbocycles. The van der Waals surface area contributed by atoms with E-state index in [2.05, 4.69) is 10.3 Å². The van der Waals surface area contributed by atoms with Crippen molar-refractivity contribution in [2.45, 2.75) is 44.9 Å². The molecule has 96 valence electrons. The Morgan fingerprint density at radius 1 is 1.47 bits per heavy atom. The number of halogens is 3. The predicted molar refractivity (Wildman–Crippen MR) is 55.1 cm³/mol. The molecule has 0 saturated heterocycles. The summed E-state index contributed by atoms with van der Waals surface area (Å²) in [5, 5.41) is 7.34. The first-order valence-electron chi connectivity index (χ1n) is 5.63. The van der Waals surface area contributed by atoms with Crippen LogP contribution in [-0.4, -0.2) is 21.2 Å². The lowest BCUT2D eigenvalue weighted by Crippen LogP contribution is -2.26. The first-order chi connectivity index (χ1) is 7.93. The molecule has 0 aromatic carbocycles. The van der Waals surface area contributed by atoms with Gasteiger partial charge in [-0.15, -0.1) is 5.10 Å². The fourth-order valence-corrected chi connectivity index (χ4v) is 1.76. The van der Waals surface area contributed by atoms with Crippen LogP contribution in [0.1, 0.15) is 37.2 Å². The lowest BCUT2D eigenvalue weighted by atomic mass is 10.1. The monoisotopic (exact) mass is 248 g/mol. The Kier molecular flexibility index (Phi) is 3.11. The van der Waals surface area contributed by atoms with E-state index in [0.29, 0.717) is 23.7 Å². The summed E-state index contributed by atoms with van der Waals surface area (Å²) in [5.74, 6) is 0.470. The lowest BCUT2D eigenvalue weighted by Gasteiger charge is -2.18. The maximum absolute atomic E-state index is 12.7. The van der Waals surface area contributed by atoms with Gasteiger partial charge >= 0.3 is 6.18 Å². The summed E-state index contributed by atoms with van der Waals surface area (Å²) in [6.45, 7) is 1.22. The molecule has 2 rings (SSSR count). The van der Waals surface area contributed by atoms with Gasteiger partial charge in [-0.25, -0.2) is 4.68 Å². The standard InChI is InChI=1S/C10H15F3N4/c1-6(10(11,12)13)17-9(4-7-2-3-7)8(5-14)15-16-17/h6-7H,2-5,14H2,1H3. The summed E-state index contributed by atoms with van der Waals surface area (Å²) < 4.78 is 39.0. The minimum absolute atomic E-state index is 0.132. The number of nitrogens with two attached hydrogens (primary N) is 1. The fraction of sp³-hybridized carbons (Fsp3) is 0.800. The summed E-state index contributed by atoms with van der Waals surface area (Å²) in [7, 11) is 0. The molecule has 0 spiro atoms. The Labute approximate surface area is 97.0 Å². The third kappa shape index (κ3) is 2.59. The highest BCUT2D eigenvalue weighted by Crippen LogP contribution is 2.36. The quantitative estimate of drug-likeness (QED) is 0.884. The molecule has 0 aliphatic heterocycles. The number of hydrogen-bond donors (Lipinski definition) is 1. The van der Waals surface area contributed by atoms with Gasteiger partial charge in [-0.05, 0) is 32.1 Å². The van der Waals surface area contributed by atoms with Gasteiger partial charge in [0.05, 0.1) is 11.4 Å². The third-order valence-electron chi connectivity index (χ3n) is 3.08. The van der Waals surface area contributed by atoms with Crippen LogP contribution in [0.3, 0.4) is 0 Å². The number of rotatable bonds is 4. The van der Waals surface area contributed by atoms with E-state index in [9.17, 15) is 13.2 Å². The molecule has 1 atom stereocenters. The molecule has 1 aliphatic carbocycles. The Bertz CT molecular complexity index is 395. The summed E-state index contributed by atoms with van der Waals surface area (Å²) in [4.78, 5) is 0. The van der Waals surface area contributed by atoms with Crippen molar-refractivity contribution >= 4 is 0 Å². The topological polar surface area (TPSA) is 56.7 Å². The fourth-order valence-electron chi connectivity index (χ4n) is 1.76. The molecule has 1 aliphatic rings. The van der Waals surface area contributed by atoms with E-state index in [0.717, 1.165) is 24.4 Å². The second-order valence-electron chi connectivity index (χ2n) is 4.50. The van der Waals surface area contributed by atoms with Crippen molar-refractivity contribution in [2.75, 3.05) is 0 Å². The molecule has 4 nitrogen and oxygen atoms in total. The van der Waals surface area contributed by atoms with E-state index in [1.807, 2.05) is 0 Å². The van der Waals surface area contributed by atoms with Crippen LogP contribution < -0.4 is 5.73 Å². The minimum Gasteiger partial charge on any atom is -0.325 e. The van der Waals surface area contributed by atoms with Gasteiger partial charge in [0.1, 0.15) is 6.04 Å². The smallest absolute Gasteiger partial charge is 0.325 e. The van der Waals surface area contributed by atoms with E-state index < -0.39 is 12.2 Å². The lowest BCUT2D eigenvalue weighted by molar-refractivity contribution is -0.166. The number of hydrogen-bond acceptors (Lipinski definition) is 3. The maximum Gasteiger partial charge on any atom is 0.410 e. The van der Waals surface area contributed by atoms with E-state index >= 15 is 0 Å². The second-order valence-corrected chi connectivity index (χ2v) is 4.50. The number of nitrogens with zero attached hydrogens (tertiary/aromatic N) is 3. The zero-order valence-corrected chi connectivity index (χ0v) is 9.54. The van der Waals surface area contributed by atoms with E-state index in [1.165, 1.54) is 0 Å². The van der Waals surface area contributed by atoms with Gasteiger partial charge in [-0.1, -0.05) is 5.21 Å². The van der Waals surface area contributed by atoms with Gasteiger partial charge in [0, 0.05) is 6.54 Å². The Morgan fingerprint density at radius 3 is 2.59 bits per heavy atom. The molecule has 0 radical (unpaired) electrons. The largest absolute Gasteiger partial charge is 0.410 e. The highest BCUT2D eigenvalue weighted by molar-refractivity contribution is 5.13. The van der Waals surface area contributed by atoms with Crippen LogP contribution in [0.25, 0.3) is 0 Å². The Morgan fingerprint density at radius 2 is 2.12 bits per heavy atom. The molecule has 0 bridgehead atoms. The van der Waals surface area contributed by atoms with Crippen molar-refractivity contribution in [3.8, 4) is 0 Å². The summed E-state index contributed by atoms with van der Waals surface area (Å²) in [5.41, 5.74) is 6.49. The summed E-state index contributed by atoms with van der Waals surface area (Å²) >= 11 is 0. The molecule has 17 heavy (non-hydrogen) atoms. The maximum atomic E-state index is 12.7. The van der Waals surface area contributed by atoms with Crippen molar-refractivity contribution < 1.29 is 13.2 Å². The van der Waals surface area contributed by atoms with Gasteiger partial charge in [0.2, 0.25) is 0 Å². The van der Waals surface area contributed by atoms with Crippen LogP contribution >= 0.6 is 0 Å². The molecule has 2 N–H and O–H groups in total. The normalized spacial score (nSPS) is 18.4. The van der Waals surface area contributed by atoms with Crippen molar-refractivity contribution in [3.05, 3.63) is 11.4 Å². The van der Waals surface area contributed by atoms with Crippen molar-refractivity contribution in [2.24, 2.45) is 11.7 Å². The van der Waals surface area contributed by atoms with Crippen LogP contribution in [-0.2, 0) is 13.0 Å². The number of alkyl halides is 3. The van der Waals surface area contributed by atoms with Gasteiger partial charge < -0.3 is 5.73 Å². The molecule has 1 aromatic heterocycles. The highest BCUT2D eigenvalue weighted by Gasteiger charge is 2.40. The third-order valence-corrected chi connectivity index (χ3v) is 3.08. The second kappa shape index (κ2) is 4.29. The molecule has 1 aromatic rings. The van der Waals surface area contributed by atoms with Crippen LogP contribution in [0, 0.1) is 5.92 Å². The van der Waals surface area contributed by atoms with Crippen molar-refractivity contribution in [3.63, 3.8) is 0 Å². The molecular weight excluding hydrogens is 233 g/mol. The SMILES string of the molecule is CC(n1nnc(CN)c1CC1CC1)C(F)(F)F. The summed E-state index contributed by atoms with van der Waals surface area (Å²) in [6.07, 6.45) is -1.58. The van der Waals surface area contributed by atoms with Gasteiger partial charge in [0.15, 0.2) is 0 Å². The Hall–Kier alpha value is -1.11. The first-order valence-corrected chi connectivity index (χ1v) is 5.63. The average Bonchev–Trinajstić information content (AvgIpc) is 2.95. The van der Waals surface area contributed by atoms with E-state index in [4.69, 9.17) is 5.73 Å². The van der Waals surface area contributed by atoms with Crippen molar-refractivity contribution in [1.29, 1.82) is 0 Å². The van der Waals surface area contributed by atoms with Crippen molar-refractivity contribution in [1.82, 2.24) is 15.0 Å². The van der Waals surface area contributed by atoms with E-state index in [1.54, 1.807) is 0 Å². The van der Waals surface area contributed by atoms with Crippen LogP contribution in [0.5, 0.6) is 0 Å². The molecule has 1 unspecified atom stereocenters. The van der Waals surface area contributed by atoms with Crippen LogP contribution in [0.2, 0.25) is 0 Å². The zero-order chi connectivity index (χ0) is 12.6. The van der Waals surface area contributed by atoms with Gasteiger partial charge in [0.25, 0.3) is 0 Å². The first kappa shape index (κ1) is 12.3. The number of aromatic nitrogens is 3. The van der Waals surface area contributed by atoms with E-state index in [-0.39, 0.29) is 6.54 Å². The zero-order valence-electron chi connectivity index (χ0n) is 9.54. The Balaban J connectivity index is 2.28. The molecule has 0 amide bonds. The molecule has 1 heterocycles. The average molecular weight is 248 g/mol. The molecular formula is C10H15F3N4. The predicted octanol–water partition coefficient (Wildman–Crippen LogP) is 1.81. The summed E-state index contributed by atoms with van der Waals surface area (Å²) in [6, 6.07) is -1.65. The molecule has 7 heteroatoms. The highest BCUT2D eigenvalue weighted by atomic mass is 19.4. The van der Waals surface area contributed by atoms with Crippen LogP contribution in [0.4, 0.5) is 13.2 Å². The molecule has 1 fully saturated rings.